The van der Waals surface area contributed by atoms with Gasteiger partial charge in [0.1, 0.15) is 16.2 Å². The van der Waals surface area contributed by atoms with E-state index in [-0.39, 0.29) is 24.4 Å². The fourth-order valence-electron chi connectivity index (χ4n) is 1.79. The molecule has 0 atom stereocenters. The van der Waals surface area contributed by atoms with Gasteiger partial charge in [0.25, 0.3) is 6.08 Å². The number of halogens is 3. The van der Waals surface area contributed by atoms with E-state index in [0.29, 0.717) is 16.0 Å². The van der Waals surface area contributed by atoms with E-state index in [1.165, 1.54) is 4.57 Å². The van der Waals surface area contributed by atoms with Gasteiger partial charge in [0.15, 0.2) is 0 Å². The minimum absolute atomic E-state index is 0.127. The van der Waals surface area contributed by atoms with Crippen LogP contribution in [0.15, 0.2) is 33.2 Å². The third-order valence-corrected chi connectivity index (χ3v) is 3.32. The van der Waals surface area contributed by atoms with Gasteiger partial charge in [-0.15, -0.1) is 0 Å². The van der Waals surface area contributed by atoms with Crippen molar-refractivity contribution in [2.75, 3.05) is 6.54 Å². The molecular weight excluding hydrogens is 348 g/mol. The molecule has 112 valence electrons. The number of nitrogens with one attached hydrogen (secondary N) is 1. The molecule has 6 nitrogen and oxygen atoms in total. The van der Waals surface area contributed by atoms with E-state index in [2.05, 4.69) is 31.1 Å². The van der Waals surface area contributed by atoms with Crippen molar-refractivity contribution in [3.8, 4) is 5.82 Å². The SMILES string of the molecule is Cc1ccc(Br)nc1-n1c(CC(CN)=C(F)F)n[nH]c1=O. The number of nitrogens with zero attached hydrogens (tertiary/aromatic N) is 3. The smallest absolute Gasteiger partial charge is 0.327 e. The molecule has 0 spiro atoms. The zero-order chi connectivity index (χ0) is 15.6. The maximum atomic E-state index is 12.7. The second kappa shape index (κ2) is 6.27. The molecule has 9 heteroatoms. The number of aromatic nitrogens is 4. The van der Waals surface area contributed by atoms with Crippen LogP contribution in [-0.2, 0) is 6.42 Å². The molecular formula is C12H12BrF2N5O. The summed E-state index contributed by atoms with van der Waals surface area (Å²) in [5.74, 6) is 0.454. The molecule has 0 aliphatic carbocycles. The van der Waals surface area contributed by atoms with E-state index < -0.39 is 11.8 Å². The molecule has 0 unspecified atom stereocenters. The van der Waals surface area contributed by atoms with Gasteiger partial charge in [0, 0.05) is 18.5 Å². The molecule has 0 aromatic carbocycles. The number of nitrogens with two attached hydrogens (primary N) is 1. The van der Waals surface area contributed by atoms with E-state index in [9.17, 15) is 13.6 Å². The van der Waals surface area contributed by atoms with Crippen molar-refractivity contribution >= 4 is 15.9 Å². The lowest BCUT2D eigenvalue weighted by molar-refractivity contribution is 0.407. The van der Waals surface area contributed by atoms with Gasteiger partial charge in [-0.3, -0.25) is 0 Å². The Hall–Kier alpha value is -1.87. The monoisotopic (exact) mass is 359 g/mol. The normalized spacial score (nSPS) is 10.7. The Morgan fingerprint density at radius 3 is 2.81 bits per heavy atom. The number of pyridine rings is 1. The molecule has 0 saturated carbocycles. The molecule has 0 saturated heterocycles. The number of H-pyrrole nitrogens is 1. The number of hydrogen-bond acceptors (Lipinski definition) is 4. The van der Waals surface area contributed by atoms with Crippen LogP contribution in [0.5, 0.6) is 0 Å². The predicted octanol–water partition coefficient (Wildman–Crippen LogP) is 1.68. The van der Waals surface area contributed by atoms with Gasteiger partial charge in [-0.25, -0.2) is 19.4 Å². The first-order chi connectivity index (χ1) is 9.93. The first-order valence-corrected chi connectivity index (χ1v) is 6.76. The first kappa shape index (κ1) is 15.5. The fourth-order valence-corrected chi connectivity index (χ4v) is 2.09. The second-order valence-corrected chi connectivity index (χ2v) is 5.11. The summed E-state index contributed by atoms with van der Waals surface area (Å²) in [6.07, 6.45) is -2.09. The van der Waals surface area contributed by atoms with Crippen LogP contribution in [0.2, 0.25) is 0 Å². The highest BCUT2D eigenvalue weighted by atomic mass is 79.9. The van der Waals surface area contributed by atoms with Gasteiger partial charge < -0.3 is 5.73 Å². The van der Waals surface area contributed by atoms with Crippen molar-refractivity contribution in [2.24, 2.45) is 5.73 Å². The first-order valence-electron chi connectivity index (χ1n) is 5.97. The Balaban J connectivity index is 2.56. The maximum absolute atomic E-state index is 12.7. The minimum Gasteiger partial charge on any atom is -0.327 e. The fraction of sp³-hybridized carbons (Fsp3) is 0.250. The van der Waals surface area contributed by atoms with Gasteiger partial charge in [0.2, 0.25) is 0 Å². The molecule has 2 heterocycles. The summed E-state index contributed by atoms with van der Waals surface area (Å²) in [4.78, 5) is 16.1. The molecule has 0 aliphatic rings. The third-order valence-electron chi connectivity index (χ3n) is 2.88. The van der Waals surface area contributed by atoms with Crippen molar-refractivity contribution in [1.82, 2.24) is 19.7 Å². The van der Waals surface area contributed by atoms with Crippen molar-refractivity contribution in [3.63, 3.8) is 0 Å². The third kappa shape index (κ3) is 3.24. The van der Waals surface area contributed by atoms with Crippen molar-refractivity contribution < 1.29 is 8.78 Å². The Bertz CT molecular complexity index is 748. The largest absolute Gasteiger partial charge is 0.349 e. The van der Waals surface area contributed by atoms with Gasteiger partial charge in [-0.2, -0.15) is 13.9 Å². The molecule has 0 radical (unpaired) electrons. The lowest BCUT2D eigenvalue weighted by atomic mass is 10.2. The van der Waals surface area contributed by atoms with Crippen LogP contribution >= 0.6 is 15.9 Å². The van der Waals surface area contributed by atoms with Crippen LogP contribution in [0.4, 0.5) is 8.78 Å². The van der Waals surface area contributed by atoms with E-state index in [4.69, 9.17) is 5.73 Å². The molecule has 0 fully saturated rings. The Morgan fingerprint density at radius 2 is 2.19 bits per heavy atom. The molecule has 2 aromatic rings. The van der Waals surface area contributed by atoms with E-state index >= 15 is 0 Å². The number of aromatic amines is 1. The topological polar surface area (TPSA) is 89.6 Å². The average Bonchev–Trinajstić information content (AvgIpc) is 2.79. The predicted molar refractivity (Wildman–Crippen MR) is 76.4 cm³/mol. The van der Waals surface area contributed by atoms with E-state index in [1.807, 2.05) is 0 Å². The zero-order valence-electron chi connectivity index (χ0n) is 11.0. The Labute approximate surface area is 126 Å². The summed E-state index contributed by atoms with van der Waals surface area (Å²) in [5.41, 5.74) is 5.17. The van der Waals surface area contributed by atoms with Crippen LogP contribution in [-0.4, -0.2) is 26.3 Å². The van der Waals surface area contributed by atoms with Crippen LogP contribution in [0.1, 0.15) is 11.4 Å². The summed E-state index contributed by atoms with van der Waals surface area (Å²) in [6.45, 7) is 1.45. The zero-order valence-corrected chi connectivity index (χ0v) is 12.6. The number of rotatable bonds is 4. The van der Waals surface area contributed by atoms with Crippen LogP contribution < -0.4 is 11.4 Å². The van der Waals surface area contributed by atoms with E-state index in [1.54, 1.807) is 19.1 Å². The molecule has 0 amide bonds. The lowest BCUT2D eigenvalue weighted by Crippen LogP contribution is -2.20. The number of aryl methyl sites for hydroxylation is 1. The number of hydrogen-bond donors (Lipinski definition) is 2. The standard InChI is InChI=1S/C12H12BrF2N5O/c1-6-2-3-8(13)17-11(6)20-9(18-19-12(20)21)4-7(5-16)10(14)15/h2-3H,4-5,16H2,1H3,(H,19,21). The molecule has 2 rings (SSSR count). The van der Waals surface area contributed by atoms with Gasteiger partial charge >= 0.3 is 5.69 Å². The Kier molecular flexibility index (Phi) is 4.63. The van der Waals surface area contributed by atoms with Crippen molar-refractivity contribution in [3.05, 3.63) is 50.3 Å². The highest BCUT2D eigenvalue weighted by Crippen LogP contribution is 2.17. The van der Waals surface area contributed by atoms with Crippen LogP contribution in [0.3, 0.4) is 0 Å². The van der Waals surface area contributed by atoms with Gasteiger partial charge in [0.05, 0.1) is 0 Å². The molecule has 0 bridgehead atoms. The highest BCUT2D eigenvalue weighted by Gasteiger charge is 2.17. The van der Waals surface area contributed by atoms with Gasteiger partial charge in [-0.1, -0.05) is 6.07 Å². The van der Waals surface area contributed by atoms with Crippen molar-refractivity contribution in [2.45, 2.75) is 13.3 Å². The summed E-state index contributed by atoms with van der Waals surface area (Å²) < 4.78 is 27.1. The summed E-state index contributed by atoms with van der Waals surface area (Å²) in [5, 5.41) is 6.02. The molecule has 3 N–H and O–H groups in total. The van der Waals surface area contributed by atoms with Crippen LogP contribution in [0.25, 0.3) is 5.82 Å². The van der Waals surface area contributed by atoms with Crippen LogP contribution in [0, 0.1) is 6.92 Å². The average molecular weight is 360 g/mol. The quantitative estimate of drug-likeness (QED) is 0.812. The Morgan fingerprint density at radius 1 is 1.48 bits per heavy atom. The lowest BCUT2D eigenvalue weighted by Gasteiger charge is -2.09. The summed E-state index contributed by atoms with van der Waals surface area (Å²) >= 11 is 3.21. The van der Waals surface area contributed by atoms with Gasteiger partial charge in [-0.05, 0) is 34.5 Å². The summed E-state index contributed by atoms with van der Waals surface area (Å²) in [6, 6.07) is 3.47. The molecule has 21 heavy (non-hydrogen) atoms. The molecule has 2 aromatic heterocycles. The second-order valence-electron chi connectivity index (χ2n) is 4.30. The minimum atomic E-state index is -1.86. The highest BCUT2D eigenvalue weighted by molar-refractivity contribution is 9.10. The van der Waals surface area contributed by atoms with E-state index in [0.717, 1.165) is 0 Å². The van der Waals surface area contributed by atoms with Crippen molar-refractivity contribution in [1.29, 1.82) is 0 Å². The molecule has 0 aliphatic heterocycles. The maximum Gasteiger partial charge on any atom is 0.349 e. The summed E-state index contributed by atoms with van der Waals surface area (Å²) in [7, 11) is 0.